The molecule has 1 rings (SSSR count). The van der Waals surface area contributed by atoms with E-state index in [-0.39, 0.29) is 6.10 Å². The van der Waals surface area contributed by atoms with E-state index in [9.17, 15) is 0 Å². The van der Waals surface area contributed by atoms with Crippen LogP contribution in [0.3, 0.4) is 0 Å². The summed E-state index contributed by atoms with van der Waals surface area (Å²) in [6.07, 6.45) is 3.67. The fraction of sp³-hybridized carbons (Fsp3) is 0.714. The van der Waals surface area contributed by atoms with E-state index in [4.69, 9.17) is 5.11 Å². The Bertz CT molecular complexity index is 129. The number of aliphatic hydroxyl groups is 1. The summed E-state index contributed by atoms with van der Waals surface area (Å²) in [6, 6.07) is 0. The molecule has 0 amide bonds. The van der Waals surface area contributed by atoms with E-state index in [0.29, 0.717) is 0 Å². The Labute approximate surface area is 56.0 Å². The average Bonchev–Trinajstić information content (AvgIpc) is 1.60. The van der Waals surface area contributed by atoms with Crippen molar-refractivity contribution in [3.8, 4) is 0 Å². The van der Waals surface area contributed by atoms with Crippen LogP contribution in [-0.2, 0) is 0 Å². The second kappa shape index (κ2) is 2.12. The van der Waals surface area contributed by atoms with Gasteiger partial charge in [0.2, 0.25) is 0 Å². The minimum atomic E-state index is -0.228. The highest BCUT2D eigenvalue weighted by Gasteiger charge is 2.20. The third-order valence-electron chi connectivity index (χ3n) is 1.64. The second-order valence-corrected chi connectivity index (χ2v) is 3.30. The molecule has 1 aliphatic heterocycles. The van der Waals surface area contributed by atoms with Gasteiger partial charge in [-0.1, -0.05) is 0 Å². The summed E-state index contributed by atoms with van der Waals surface area (Å²) in [5.74, 6) is 0. The van der Waals surface area contributed by atoms with Crippen molar-refractivity contribution in [2.75, 3.05) is 27.2 Å². The largest absolute Gasteiger partial charge is 0.383 e. The topological polar surface area (TPSA) is 20.2 Å². The van der Waals surface area contributed by atoms with Crippen LogP contribution in [0.4, 0.5) is 0 Å². The normalized spacial score (nSPS) is 32.6. The van der Waals surface area contributed by atoms with E-state index in [1.54, 1.807) is 0 Å². The van der Waals surface area contributed by atoms with Crippen LogP contribution in [-0.4, -0.2) is 42.9 Å². The first-order valence-electron chi connectivity index (χ1n) is 3.27. The Morgan fingerprint density at radius 3 is 2.56 bits per heavy atom. The zero-order valence-electron chi connectivity index (χ0n) is 6.04. The summed E-state index contributed by atoms with van der Waals surface area (Å²) in [6.45, 7) is 1.88. The molecule has 0 aromatic heterocycles. The molecule has 0 fully saturated rings. The van der Waals surface area contributed by atoms with Gasteiger partial charge < -0.3 is 9.59 Å². The number of nitrogens with zero attached hydrogens (tertiary/aromatic N) is 1. The van der Waals surface area contributed by atoms with Gasteiger partial charge in [-0.15, -0.1) is 0 Å². The highest BCUT2D eigenvalue weighted by atomic mass is 16.3. The van der Waals surface area contributed by atoms with Crippen molar-refractivity contribution in [1.29, 1.82) is 0 Å². The van der Waals surface area contributed by atoms with Crippen LogP contribution < -0.4 is 0 Å². The van der Waals surface area contributed by atoms with Crippen LogP contribution >= 0.6 is 0 Å². The smallest absolute Gasteiger partial charge is 0.121 e. The maximum absolute atomic E-state index is 9.14. The van der Waals surface area contributed by atoms with Gasteiger partial charge in [-0.25, -0.2) is 0 Å². The van der Waals surface area contributed by atoms with Crippen molar-refractivity contribution in [3.05, 3.63) is 12.2 Å². The van der Waals surface area contributed by atoms with Gasteiger partial charge in [0, 0.05) is 0 Å². The van der Waals surface area contributed by atoms with Crippen molar-refractivity contribution in [2.45, 2.75) is 6.10 Å². The number of hydrogen-bond donors (Lipinski definition) is 1. The molecule has 0 aromatic carbocycles. The second-order valence-electron chi connectivity index (χ2n) is 3.30. The van der Waals surface area contributed by atoms with Crippen LogP contribution in [0.15, 0.2) is 12.2 Å². The van der Waals surface area contributed by atoms with Crippen molar-refractivity contribution in [2.24, 2.45) is 0 Å². The van der Waals surface area contributed by atoms with Crippen LogP contribution in [0.25, 0.3) is 0 Å². The molecule has 9 heavy (non-hydrogen) atoms. The summed E-state index contributed by atoms with van der Waals surface area (Å²) in [5, 5.41) is 9.14. The molecule has 2 heteroatoms. The SMILES string of the molecule is C[N+]1(C)CC=C[C@H](O)C1. The predicted molar refractivity (Wildman–Crippen MR) is 37.0 cm³/mol. The van der Waals surface area contributed by atoms with Gasteiger partial charge in [0.15, 0.2) is 0 Å². The fourth-order valence-corrected chi connectivity index (χ4v) is 1.15. The van der Waals surface area contributed by atoms with Crippen molar-refractivity contribution in [3.63, 3.8) is 0 Å². The average molecular weight is 128 g/mol. The Hall–Kier alpha value is -0.340. The summed E-state index contributed by atoms with van der Waals surface area (Å²) < 4.78 is 0.900. The molecule has 0 radical (unpaired) electrons. The number of rotatable bonds is 0. The summed E-state index contributed by atoms with van der Waals surface area (Å²) in [5.41, 5.74) is 0. The van der Waals surface area contributed by atoms with E-state index in [1.165, 1.54) is 0 Å². The zero-order chi connectivity index (χ0) is 6.91. The molecule has 0 aliphatic carbocycles. The Balaban J connectivity index is 2.58. The Morgan fingerprint density at radius 2 is 2.22 bits per heavy atom. The first-order valence-corrected chi connectivity index (χ1v) is 3.27. The fourth-order valence-electron chi connectivity index (χ4n) is 1.15. The third kappa shape index (κ3) is 1.80. The lowest BCUT2D eigenvalue weighted by Gasteiger charge is -2.32. The van der Waals surface area contributed by atoms with Gasteiger partial charge in [-0.3, -0.25) is 0 Å². The maximum Gasteiger partial charge on any atom is 0.121 e. The first kappa shape index (κ1) is 6.78. The van der Waals surface area contributed by atoms with E-state index < -0.39 is 0 Å². The van der Waals surface area contributed by atoms with Crippen molar-refractivity contribution >= 4 is 0 Å². The van der Waals surface area contributed by atoms with Crippen LogP contribution in [0, 0.1) is 0 Å². The van der Waals surface area contributed by atoms with E-state index >= 15 is 0 Å². The summed E-state index contributed by atoms with van der Waals surface area (Å²) in [4.78, 5) is 0. The molecular weight excluding hydrogens is 114 g/mol. The quantitative estimate of drug-likeness (QED) is 0.359. The number of hydrogen-bond acceptors (Lipinski definition) is 1. The number of likely N-dealkylation sites (N-methyl/N-ethyl adjacent to an activating group) is 1. The standard InChI is InChI=1S/C7H14NO/c1-8(2)5-3-4-7(9)6-8/h3-4,7,9H,5-6H2,1-2H3/q+1/t7-/m0/s1. The van der Waals surface area contributed by atoms with Crippen LogP contribution in [0.1, 0.15) is 0 Å². The molecular formula is C7H14NO+. The van der Waals surface area contributed by atoms with Crippen molar-refractivity contribution < 1.29 is 9.59 Å². The van der Waals surface area contributed by atoms with Gasteiger partial charge in [0.25, 0.3) is 0 Å². The zero-order valence-corrected chi connectivity index (χ0v) is 6.04. The molecule has 0 saturated heterocycles. The van der Waals surface area contributed by atoms with E-state index in [0.717, 1.165) is 17.6 Å². The van der Waals surface area contributed by atoms with Crippen molar-refractivity contribution in [1.82, 2.24) is 0 Å². The predicted octanol–water partition coefficient (Wildman–Crippen LogP) is -0.00650. The Morgan fingerprint density at radius 1 is 1.56 bits per heavy atom. The summed E-state index contributed by atoms with van der Waals surface area (Å²) in [7, 11) is 4.24. The molecule has 2 nitrogen and oxygen atoms in total. The van der Waals surface area contributed by atoms with Gasteiger partial charge in [0.1, 0.15) is 12.6 Å². The minimum absolute atomic E-state index is 0.228. The molecule has 0 unspecified atom stereocenters. The molecule has 0 aromatic rings. The lowest BCUT2D eigenvalue weighted by Crippen LogP contribution is -2.47. The van der Waals surface area contributed by atoms with Gasteiger partial charge in [-0.05, 0) is 12.2 Å². The van der Waals surface area contributed by atoms with E-state index in [1.807, 2.05) is 12.2 Å². The molecule has 52 valence electrons. The monoisotopic (exact) mass is 128 g/mol. The highest BCUT2D eigenvalue weighted by Crippen LogP contribution is 2.06. The highest BCUT2D eigenvalue weighted by molar-refractivity contribution is 4.91. The van der Waals surface area contributed by atoms with Gasteiger partial charge in [-0.2, -0.15) is 0 Å². The van der Waals surface area contributed by atoms with Gasteiger partial charge >= 0.3 is 0 Å². The molecule has 0 saturated carbocycles. The van der Waals surface area contributed by atoms with Crippen LogP contribution in [0.5, 0.6) is 0 Å². The van der Waals surface area contributed by atoms with E-state index in [2.05, 4.69) is 14.1 Å². The summed E-state index contributed by atoms with van der Waals surface area (Å²) >= 11 is 0. The number of quaternary nitrogens is 1. The molecule has 1 N–H and O–H groups in total. The van der Waals surface area contributed by atoms with Crippen LogP contribution in [0.2, 0.25) is 0 Å². The maximum atomic E-state index is 9.14. The third-order valence-corrected chi connectivity index (χ3v) is 1.64. The first-order chi connectivity index (χ1) is 4.10. The molecule has 0 spiro atoms. The molecule has 0 bridgehead atoms. The molecule has 1 heterocycles. The molecule has 1 atom stereocenters. The van der Waals surface area contributed by atoms with Gasteiger partial charge in [0.05, 0.1) is 20.6 Å². The number of aliphatic hydroxyl groups excluding tert-OH is 1. The minimum Gasteiger partial charge on any atom is -0.383 e. The lowest BCUT2D eigenvalue weighted by atomic mass is 10.2. The lowest BCUT2D eigenvalue weighted by molar-refractivity contribution is -0.888. The molecule has 1 aliphatic rings. The Kier molecular flexibility index (Phi) is 1.60.